The standard InChI is InChI=1S/C12H19N5O2/c1-2-16-5-7-17(8-6-16)12-11(13-3-4-14-12)15-9-10(18)19/h3-4H,2,5-9H2,1H3,(H,13,15)(H,18,19). The normalized spacial score (nSPS) is 16.4. The molecule has 0 saturated carbocycles. The first-order valence-corrected chi connectivity index (χ1v) is 6.44. The predicted octanol–water partition coefficient (Wildman–Crippen LogP) is 0.115. The van der Waals surface area contributed by atoms with Crippen LogP contribution in [-0.2, 0) is 4.79 Å². The minimum absolute atomic E-state index is 0.152. The number of piperazine rings is 1. The number of hydrogen-bond donors (Lipinski definition) is 2. The van der Waals surface area contributed by atoms with Gasteiger partial charge in [0, 0.05) is 38.6 Å². The first-order chi connectivity index (χ1) is 9.20. The largest absolute Gasteiger partial charge is 0.480 e. The van der Waals surface area contributed by atoms with Gasteiger partial charge in [-0.1, -0.05) is 6.92 Å². The molecule has 2 N–H and O–H groups in total. The van der Waals surface area contributed by atoms with Crippen LogP contribution >= 0.6 is 0 Å². The zero-order valence-corrected chi connectivity index (χ0v) is 11.0. The third-order valence-corrected chi connectivity index (χ3v) is 3.21. The molecule has 1 aliphatic rings. The van der Waals surface area contributed by atoms with E-state index in [4.69, 9.17) is 5.11 Å². The maximum absolute atomic E-state index is 10.6. The lowest BCUT2D eigenvalue weighted by molar-refractivity contribution is -0.134. The van der Waals surface area contributed by atoms with E-state index in [1.165, 1.54) is 0 Å². The number of carboxylic acid groups (broad SMARTS) is 1. The van der Waals surface area contributed by atoms with Gasteiger partial charge in [0.25, 0.3) is 0 Å². The van der Waals surface area contributed by atoms with Gasteiger partial charge in [0.2, 0.25) is 0 Å². The van der Waals surface area contributed by atoms with Crippen molar-refractivity contribution in [2.45, 2.75) is 6.92 Å². The van der Waals surface area contributed by atoms with Crippen LogP contribution in [0.5, 0.6) is 0 Å². The van der Waals surface area contributed by atoms with Gasteiger partial charge in [0.15, 0.2) is 11.6 Å². The van der Waals surface area contributed by atoms with Crippen LogP contribution in [0.3, 0.4) is 0 Å². The summed E-state index contributed by atoms with van der Waals surface area (Å²) in [6.45, 7) is 6.80. The molecule has 7 heteroatoms. The second-order valence-corrected chi connectivity index (χ2v) is 4.40. The molecule has 1 saturated heterocycles. The molecule has 0 unspecified atom stereocenters. The lowest BCUT2D eigenvalue weighted by Gasteiger charge is -2.35. The first kappa shape index (κ1) is 13.5. The van der Waals surface area contributed by atoms with Gasteiger partial charge in [-0.2, -0.15) is 0 Å². The number of carbonyl (C=O) groups is 1. The third kappa shape index (κ3) is 3.54. The molecule has 1 aromatic heterocycles. The average Bonchev–Trinajstić information content (AvgIpc) is 2.45. The van der Waals surface area contributed by atoms with Crippen LogP contribution in [0.15, 0.2) is 12.4 Å². The molecular formula is C12H19N5O2. The van der Waals surface area contributed by atoms with Gasteiger partial charge in [0.1, 0.15) is 6.54 Å². The molecule has 7 nitrogen and oxygen atoms in total. The Morgan fingerprint density at radius 3 is 2.63 bits per heavy atom. The summed E-state index contributed by atoms with van der Waals surface area (Å²) >= 11 is 0. The van der Waals surface area contributed by atoms with Crippen LogP contribution < -0.4 is 10.2 Å². The summed E-state index contributed by atoms with van der Waals surface area (Å²) in [5.41, 5.74) is 0. The number of aliphatic carboxylic acids is 1. The highest BCUT2D eigenvalue weighted by Crippen LogP contribution is 2.21. The highest BCUT2D eigenvalue weighted by atomic mass is 16.4. The van der Waals surface area contributed by atoms with E-state index in [1.54, 1.807) is 12.4 Å². The Morgan fingerprint density at radius 2 is 2.00 bits per heavy atom. The first-order valence-electron chi connectivity index (χ1n) is 6.44. The number of nitrogens with one attached hydrogen (secondary N) is 1. The molecule has 1 aliphatic heterocycles. The van der Waals surface area contributed by atoms with Crippen molar-refractivity contribution in [3.05, 3.63) is 12.4 Å². The molecule has 1 fully saturated rings. The number of nitrogens with zero attached hydrogens (tertiary/aromatic N) is 4. The fourth-order valence-electron chi connectivity index (χ4n) is 2.12. The summed E-state index contributed by atoms with van der Waals surface area (Å²) in [6, 6.07) is 0. The van der Waals surface area contributed by atoms with E-state index < -0.39 is 5.97 Å². The quantitative estimate of drug-likeness (QED) is 0.782. The van der Waals surface area contributed by atoms with Gasteiger partial charge in [-0.15, -0.1) is 0 Å². The van der Waals surface area contributed by atoms with Gasteiger partial charge in [-0.05, 0) is 6.54 Å². The minimum Gasteiger partial charge on any atom is -0.480 e. The smallest absolute Gasteiger partial charge is 0.322 e. The topological polar surface area (TPSA) is 81.6 Å². The second-order valence-electron chi connectivity index (χ2n) is 4.40. The van der Waals surface area contributed by atoms with Crippen LogP contribution in [0, 0.1) is 0 Å². The molecule has 0 radical (unpaired) electrons. The molecule has 0 atom stereocenters. The number of hydrogen-bond acceptors (Lipinski definition) is 6. The zero-order valence-electron chi connectivity index (χ0n) is 11.0. The van der Waals surface area contributed by atoms with Crippen molar-refractivity contribution in [2.24, 2.45) is 0 Å². The fraction of sp³-hybridized carbons (Fsp3) is 0.583. The van der Waals surface area contributed by atoms with Crippen molar-refractivity contribution in [3.63, 3.8) is 0 Å². The molecule has 0 spiro atoms. The van der Waals surface area contributed by atoms with Crippen molar-refractivity contribution in [3.8, 4) is 0 Å². The Morgan fingerprint density at radius 1 is 1.32 bits per heavy atom. The summed E-state index contributed by atoms with van der Waals surface area (Å²) in [5.74, 6) is 0.363. The van der Waals surface area contributed by atoms with E-state index in [1.807, 2.05) is 0 Å². The molecule has 0 aromatic carbocycles. The third-order valence-electron chi connectivity index (χ3n) is 3.21. The predicted molar refractivity (Wildman–Crippen MR) is 72.5 cm³/mol. The van der Waals surface area contributed by atoms with Crippen molar-refractivity contribution in [2.75, 3.05) is 49.5 Å². The maximum atomic E-state index is 10.6. The number of anilines is 2. The molecule has 0 amide bonds. The zero-order chi connectivity index (χ0) is 13.7. The number of aromatic nitrogens is 2. The van der Waals surface area contributed by atoms with Crippen LogP contribution in [0.2, 0.25) is 0 Å². The van der Waals surface area contributed by atoms with Crippen LogP contribution in [0.4, 0.5) is 11.6 Å². The van der Waals surface area contributed by atoms with Crippen LogP contribution in [0.1, 0.15) is 6.92 Å². The molecule has 2 rings (SSSR count). The van der Waals surface area contributed by atoms with E-state index in [-0.39, 0.29) is 6.54 Å². The fourth-order valence-corrected chi connectivity index (χ4v) is 2.12. The van der Waals surface area contributed by atoms with E-state index in [2.05, 4.69) is 32.0 Å². The average molecular weight is 265 g/mol. The summed E-state index contributed by atoms with van der Waals surface area (Å²) < 4.78 is 0. The van der Waals surface area contributed by atoms with Gasteiger partial charge < -0.3 is 20.2 Å². The van der Waals surface area contributed by atoms with Gasteiger partial charge in [0.05, 0.1) is 0 Å². The lowest BCUT2D eigenvalue weighted by atomic mass is 10.3. The van der Waals surface area contributed by atoms with Crippen LogP contribution in [0.25, 0.3) is 0 Å². The maximum Gasteiger partial charge on any atom is 0.322 e. The van der Waals surface area contributed by atoms with Crippen LogP contribution in [-0.4, -0.2) is 65.2 Å². The molecule has 0 bridgehead atoms. The van der Waals surface area contributed by atoms with Crippen molar-refractivity contribution in [1.29, 1.82) is 0 Å². The lowest BCUT2D eigenvalue weighted by Crippen LogP contribution is -2.46. The van der Waals surface area contributed by atoms with Crippen molar-refractivity contribution >= 4 is 17.6 Å². The highest BCUT2D eigenvalue weighted by Gasteiger charge is 2.19. The Hall–Kier alpha value is -1.89. The van der Waals surface area contributed by atoms with E-state index in [0.29, 0.717) is 5.82 Å². The van der Waals surface area contributed by atoms with Gasteiger partial charge in [-0.3, -0.25) is 4.79 Å². The Labute approximate surface area is 112 Å². The van der Waals surface area contributed by atoms with E-state index in [0.717, 1.165) is 38.5 Å². The minimum atomic E-state index is -0.910. The molecule has 1 aromatic rings. The Balaban J connectivity index is 2.05. The molecule has 2 heterocycles. The molecule has 104 valence electrons. The van der Waals surface area contributed by atoms with E-state index in [9.17, 15) is 4.79 Å². The van der Waals surface area contributed by atoms with Gasteiger partial charge in [-0.25, -0.2) is 9.97 Å². The summed E-state index contributed by atoms with van der Waals surface area (Å²) in [7, 11) is 0. The molecule has 0 aliphatic carbocycles. The number of carboxylic acids is 1. The van der Waals surface area contributed by atoms with Gasteiger partial charge >= 0.3 is 5.97 Å². The summed E-state index contributed by atoms with van der Waals surface area (Å²) in [5, 5.41) is 11.5. The van der Waals surface area contributed by atoms with Crippen molar-refractivity contribution < 1.29 is 9.90 Å². The van der Waals surface area contributed by atoms with Crippen molar-refractivity contribution in [1.82, 2.24) is 14.9 Å². The highest BCUT2D eigenvalue weighted by molar-refractivity contribution is 5.74. The monoisotopic (exact) mass is 265 g/mol. The number of rotatable bonds is 5. The summed E-state index contributed by atoms with van der Waals surface area (Å²) in [6.07, 6.45) is 3.20. The SMILES string of the molecule is CCN1CCN(c2nccnc2NCC(=O)O)CC1. The summed E-state index contributed by atoms with van der Waals surface area (Å²) in [4.78, 5) is 23.6. The Kier molecular flexibility index (Phi) is 4.51. The Bertz CT molecular complexity index is 432. The number of likely N-dealkylation sites (N-methyl/N-ethyl adjacent to an activating group) is 1. The van der Waals surface area contributed by atoms with E-state index >= 15 is 0 Å². The molecular weight excluding hydrogens is 246 g/mol. The second kappa shape index (κ2) is 6.33. The molecule has 19 heavy (non-hydrogen) atoms.